The normalized spacial score (nSPS) is 12.3. The van der Waals surface area contributed by atoms with Gasteiger partial charge in [0.05, 0.1) is 13.2 Å². The number of hydrogen-bond donors (Lipinski definition) is 2. The number of rotatable bonds is 8. The SMILES string of the molecule is COc1ccc(C(=O)N[C@@H](C)c2cc(C)c(C)cc2C)cc1S(=O)(=O)NCc1ccccc1. The van der Waals surface area contributed by atoms with Crippen molar-refractivity contribution in [2.75, 3.05) is 7.11 Å². The van der Waals surface area contributed by atoms with Gasteiger partial charge in [0.25, 0.3) is 5.91 Å². The minimum atomic E-state index is -3.91. The van der Waals surface area contributed by atoms with Crippen molar-refractivity contribution in [2.24, 2.45) is 0 Å². The lowest BCUT2D eigenvalue weighted by Gasteiger charge is -2.19. The second-order valence-corrected chi connectivity index (χ2v) is 9.90. The predicted molar refractivity (Wildman–Crippen MR) is 130 cm³/mol. The lowest BCUT2D eigenvalue weighted by Crippen LogP contribution is -2.28. The molecule has 174 valence electrons. The van der Waals surface area contributed by atoms with E-state index in [0.29, 0.717) is 0 Å². The number of amides is 1. The number of carbonyl (C=O) groups is 1. The molecule has 1 amide bonds. The Morgan fingerprint density at radius 2 is 1.61 bits per heavy atom. The lowest BCUT2D eigenvalue weighted by molar-refractivity contribution is 0.0939. The van der Waals surface area contributed by atoms with Crippen molar-refractivity contribution in [1.29, 1.82) is 0 Å². The van der Waals surface area contributed by atoms with Gasteiger partial charge in [-0.2, -0.15) is 0 Å². The molecular weight excluding hydrogens is 436 g/mol. The van der Waals surface area contributed by atoms with Gasteiger partial charge in [-0.25, -0.2) is 13.1 Å². The van der Waals surface area contributed by atoms with Gasteiger partial charge in [-0.3, -0.25) is 4.79 Å². The Balaban J connectivity index is 1.83. The molecule has 3 rings (SSSR count). The number of benzene rings is 3. The molecule has 0 radical (unpaired) electrons. The fraction of sp³-hybridized carbons (Fsp3) is 0.269. The van der Waals surface area contributed by atoms with Gasteiger partial charge in [0.1, 0.15) is 10.6 Å². The highest BCUT2D eigenvalue weighted by Crippen LogP contribution is 2.26. The van der Waals surface area contributed by atoms with Crippen molar-refractivity contribution in [3.05, 3.63) is 94.0 Å². The summed E-state index contributed by atoms with van der Waals surface area (Å²) < 4.78 is 33.8. The molecule has 0 aliphatic carbocycles. The van der Waals surface area contributed by atoms with Crippen LogP contribution in [0.15, 0.2) is 65.6 Å². The Kier molecular flexibility index (Phi) is 7.56. The maximum atomic E-state index is 13.0. The highest BCUT2D eigenvalue weighted by molar-refractivity contribution is 7.89. The van der Waals surface area contributed by atoms with Crippen molar-refractivity contribution in [1.82, 2.24) is 10.0 Å². The van der Waals surface area contributed by atoms with Gasteiger partial charge in [0, 0.05) is 12.1 Å². The number of hydrogen-bond acceptors (Lipinski definition) is 4. The van der Waals surface area contributed by atoms with Gasteiger partial charge >= 0.3 is 0 Å². The highest BCUT2D eigenvalue weighted by Gasteiger charge is 2.22. The van der Waals surface area contributed by atoms with Gasteiger partial charge in [-0.15, -0.1) is 0 Å². The Labute approximate surface area is 196 Å². The van der Waals surface area contributed by atoms with E-state index >= 15 is 0 Å². The Morgan fingerprint density at radius 1 is 0.939 bits per heavy atom. The number of ether oxygens (including phenoxy) is 1. The summed E-state index contributed by atoms with van der Waals surface area (Å²) in [5.41, 5.74) is 5.53. The number of aryl methyl sites for hydroxylation is 3. The molecule has 0 aliphatic heterocycles. The molecule has 6 nitrogen and oxygen atoms in total. The quantitative estimate of drug-likeness (QED) is 0.509. The van der Waals surface area contributed by atoms with Crippen LogP contribution < -0.4 is 14.8 Å². The van der Waals surface area contributed by atoms with E-state index in [2.05, 4.69) is 29.1 Å². The smallest absolute Gasteiger partial charge is 0.251 e. The summed E-state index contributed by atoms with van der Waals surface area (Å²) in [5, 5.41) is 2.98. The summed E-state index contributed by atoms with van der Waals surface area (Å²) in [5.74, 6) is -0.188. The average Bonchev–Trinajstić information content (AvgIpc) is 2.80. The predicted octanol–water partition coefficient (Wildman–Crippen LogP) is 4.59. The van der Waals surface area contributed by atoms with Crippen LogP contribution in [0.2, 0.25) is 0 Å². The summed E-state index contributed by atoms with van der Waals surface area (Å²) in [6.07, 6.45) is 0. The monoisotopic (exact) mass is 466 g/mol. The molecule has 33 heavy (non-hydrogen) atoms. The van der Waals surface area contributed by atoms with E-state index in [1.165, 1.54) is 24.8 Å². The van der Waals surface area contributed by atoms with Gasteiger partial charge in [0.15, 0.2) is 0 Å². The third-order valence-corrected chi connectivity index (χ3v) is 7.14. The molecule has 0 unspecified atom stereocenters. The maximum absolute atomic E-state index is 13.0. The minimum Gasteiger partial charge on any atom is -0.495 e. The number of carbonyl (C=O) groups excluding carboxylic acids is 1. The van der Waals surface area contributed by atoms with Crippen LogP contribution in [-0.2, 0) is 16.6 Å². The van der Waals surface area contributed by atoms with E-state index in [1.807, 2.05) is 51.1 Å². The third-order valence-electron chi connectivity index (χ3n) is 5.72. The zero-order valence-corrected chi connectivity index (χ0v) is 20.4. The van der Waals surface area contributed by atoms with E-state index in [-0.39, 0.29) is 34.7 Å². The second kappa shape index (κ2) is 10.2. The van der Waals surface area contributed by atoms with E-state index in [9.17, 15) is 13.2 Å². The van der Waals surface area contributed by atoms with Crippen molar-refractivity contribution in [2.45, 2.75) is 45.2 Å². The van der Waals surface area contributed by atoms with E-state index in [1.54, 1.807) is 6.07 Å². The number of sulfonamides is 1. The van der Waals surface area contributed by atoms with E-state index in [4.69, 9.17) is 4.74 Å². The van der Waals surface area contributed by atoms with E-state index in [0.717, 1.165) is 22.3 Å². The Hall–Kier alpha value is -3.16. The minimum absolute atomic E-state index is 0.0800. The van der Waals surface area contributed by atoms with Crippen molar-refractivity contribution in [3.8, 4) is 5.75 Å². The molecule has 1 atom stereocenters. The molecule has 2 N–H and O–H groups in total. The molecule has 0 aliphatic rings. The molecule has 7 heteroatoms. The van der Waals surface area contributed by atoms with Crippen LogP contribution in [0, 0.1) is 20.8 Å². The molecule has 0 fully saturated rings. The fourth-order valence-electron chi connectivity index (χ4n) is 3.69. The van der Waals surface area contributed by atoms with Gasteiger partial charge < -0.3 is 10.1 Å². The standard InChI is InChI=1S/C26H30N2O4S/c1-17-13-19(3)23(14-18(17)2)20(4)28-26(29)22-11-12-24(32-5)25(15-22)33(30,31)27-16-21-9-7-6-8-10-21/h6-15,20,27H,16H2,1-5H3,(H,28,29)/t20-/m0/s1. The Bertz CT molecular complexity index is 1250. The molecule has 0 spiro atoms. The van der Waals surface area contributed by atoms with Crippen LogP contribution >= 0.6 is 0 Å². The number of nitrogens with one attached hydrogen (secondary N) is 2. The third kappa shape index (κ3) is 5.80. The van der Waals surface area contributed by atoms with Crippen LogP contribution in [-0.4, -0.2) is 21.4 Å². The first kappa shape index (κ1) is 24.5. The van der Waals surface area contributed by atoms with Gasteiger partial charge in [-0.05, 0) is 73.7 Å². The largest absolute Gasteiger partial charge is 0.495 e. The molecule has 0 saturated carbocycles. The molecule has 3 aromatic rings. The molecule has 0 bridgehead atoms. The zero-order valence-electron chi connectivity index (χ0n) is 19.6. The summed E-state index contributed by atoms with van der Waals surface area (Å²) >= 11 is 0. The van der Waals surface area contributed by atoms with Gasteiger partial charge in [-0.1, -0.05) is 42.5 Å². The molecular formula is C26H30N2O4S. The average molecular weight is 467 g/mol. The topological polar surface area (TPSA) is 84.5 Å². The molecule has 0 aromatic heterocycles. The first-order valence-electron chi connectivity index (χ1n) is 10.7. The fourth-order valence-corrected chi connectivity index (χ4v) is 4.90. The zero-order chi connectivity index (χ0) is 24.2. The summed E-state index contributed by atoms with van der Waals surface area (Å²) in [6.45, 7) is 8.15. The van der Waals surface area contributed by atoms with E-state index < -0.39 is 10.0 Å². The maximum Gasteiger partial charge on any atom is 0.251 e. The molecule has 0 saturated heterocycles. The first-order valence-corrected chi connectivity index (χ1v) is 12.2. The van der Waals surface area contributed by atoms with Crippen molar-refractivity contribution >= 4 is 15.9 Å². The van der Waals surface area contributed by atoms with Crippen LogP contribution in [0.4, 0.5) is 0 Å². The lowest BCUT2D eigenvalue weighted by atomic mass is 9.96. The van der Waals surface area contributed by atoms with Crippen molar-refractivity contribution < 1.29 is 17.9 Å². The van der Waals surface area contributed by atoms with Crippen LogP contribution in [0.1, 0.15) is 51.1 Å². The van der Waals surface area contributed by atoms with Crippen LogP contribution in [0.5, 0.6) is 5.75 Å². The summed E-state index contributed by atoms with van der Waals surface area (Å²) in [4.78, 5) is 12.9. The Morgan fingerprint density at radius 3 is 2.27 bits per heavy atom. The van der Waals surface area contributed by atoms with Gasteiger partial charge in [0.2, 0.25) is 10.0 Å². The number of methoxy groups -OCH3 is 1. The van der Waals surface area contributed by atoms with Crippen LogP contribution in [0.25, 0.3) is 0 Å². The highest BCUT2D eigenvalue weighted by atomic mass is 32.2. The summed E-state index contributed by atoms with van der Waals surface area (Å²) in [7, 11) is -2.51. The summed E-state index contributed by atoms with van der Waals surface area (Å²) in [6, 6.07) is 17.6. The molecule has 0 heterocycles. The van der Waals surface area contributed by atoms with Crippen molar-refractivity contribution in [3.63, 3.8) is 0 Å². The second-order valence-electron chi connectivity index (χ2n) is 8.16. The van der Waals surface area contributed by atoms with Crippen LogP contribution in [0.3, 0.4) is 0 Å². The molecule has 3 aromatic carbocycles. The first-order chi connectivity index (χ1) is 15.6.